The zero-order valence-corrected chi connectivity index (χ0v) is 18.9. The van der Waals surface area contributed by atoms with E-state index in [2.05, 4.69) is 5.32 Å². The van der Waals surface area contributed by atoms with E-state index >= 15 is 0 Å². The lowest BCUT2D eigenvalue weighted by Gasteiger charge is -2.32. The van der Waals surface area contributed by atoms with Crippen LogP contribution in [0.25, 0.3) is 11.4 Å². The number of ketones is 1. The minimum Gasteiger partial charge on any atom is -0.497 e. The molecule has 1 aromatic heterocycles. The van der Waals surface area contributed by atoms with Gasteiger partial charge in [0.25, 0.3) is 0 Å². The number of aromatic nitrogens is 3. The van der Waals surface area contributed by atoms with Gasteiger partial charge in [-0.05, 0) is 61.7 Å². The maximum atomic E-state index is 13.1. The third kappa shape index (κ3) is 3.71. The van der Waals surface area contributed by atoms with Crippen molar-refractivity contribution in [3.63, 3.8) is 0 Å². The summed E-state index contributed by atoms with van der Waals surface area (Å²) in [7, 11) is 3.25. The second-order valence-corrected chi connectivity index (χ2v) is 7.97. The van der Waals surface area contributed by atoms with Gasteiger partial charge in [-0.25, -0.2) is 4.68 Å². The molecule has 1 atom stereocenters. The fourth-order valence-corrected chi connectivity index (χ4v) is 4.46. The standard InChI is InChI=1S/C25H26N4O4/c1-4-33-20-13-10-16(14-21(20)32-3)23-22-18(6-5-7-19(22)30)26-25-27-24(28-29(23)25)15-8-11-17(31-2)12-9-15/h8-14,23H,4-7H2,1-3H3,(H,26,27,28). The Bertz CT molecular complexity index is 1230. The summed E-state index contributed by atoms with van der Waals surface area (Å²) in [4.78, 5) is 17.8. The Kier molecular flexibility index (Phi) is 5.50. The molecule has 170 valence electrons. The number of benzene rings is 2. The van der Waals surface area contributed by atoms with Crippen molar-refractivity contribution in [1.82, 2.24) is 14.8 Å². The number of Topliss-reactive ketones (excluding diaryl/α,β-unsaturated/α-hetero) is 1. The molecule has 0 saturated carbocycles. The summed E-state index contributed by atoms with van der Waals surface area (Å²) in [6.45, 7) is 2.47. The average Bonchev–Trinajstić information content (AvgIpc) is 3.27. The molecule has 1 unspecified atom stereocenters. The molecule has 0 bridgehead atoms. The lowest BCUT2D eigenvalue weighted by atomic mass is 9.85. The number of hydrogen-bond donors (Lipinski definition) is 1. The van der Waals surface area contributed by atoms with Gasteiger partial charge in [-0.2, -0.15) is 4.98 Å². The highest BCUT2D eigenvalue weighted by molar-refractivity contribution is 5.99. The maximum Gasteiger partial charge on any atom is 0.226 e. The molecule has 5 rings (SSSR count). The first kappa shape index (κ1) is 21.1. The van der Waals surface area contributed by atoms with Gasteiger partial charge in [-0.3, -0.25) is 4.79 Å². The molecule has 1 aliphatic carbocycles. The minimum absolute atomic E-state index is 0.133. The Morgan fingerprint density at radius 2 is 1.88 bits per heavy atom. The molecular formula is C25H26N4O4. The minimum atomic E-state index is -0.395. The average molecular weight is 447 g/mol. The predicted octanol–water partition coefficient (Wildman–Crippen LogP) is 4.38. The van der Waals surface area contributed by atoms with E-state index < -0.39 is 6.04 Å². The van der Waals surface area contributed by atoms with Gasteiger partial charge in [0.15, 0.2) is 23.1 Å². The molecule has 0 saturated heterocycles. The Morgan fingerprint density at radius 1 is 1.06 bits per heavy atom. The van der Waals surface area contributed by atoms with Crippen LogP contribution in [0.2, 0.25) is 0 Å². The molecule has 0 spiro atoms. The highest BCUT2D eigenvalue weighted by Gasteiger charge is 2.37. The van der Waals surface area contributed by atoms with E-state index in [4.69, 9.17) is 24.3 Å². The van der Waals surface area contributed by atoms with E-state index in [1.54, 1.807) is 18.9 Å². The number of carbonyl (C=O) groups is 1. The van der Waals surface area contributed by atoms with Gasteiger partial charge < -0.3 is 19.5 Å². The summed E-state index contributed by atoms with van der Waals surface area (Å²) < 4.78 is 18.3. The van der Waals surface area contributed by atoms with E-state index in [-0.39, 0.29) is 5.78 Å². The smallest absolute Gasteiger partial charge is 0.226 e. The zero-order valence-electron chi connectivity index (χ0n) is 18.9. The number of methoxy groups -OCH3 is 2. The number of nitrogens with zero attached hydrogens (tertiary/aromatic N) is 3. The fourth-order valence-electron chi connectivity index (χ4n) is 4.46. The number of fused-ring (bicyclic) bond motifs is 1. The van der Waals surface area contributed by atoms with Crippen molar-refractivity contribution in [3.05, 3.63) is 59.3 Å². The van der Waals surface area contributed by atoms with Crippen molar-refractivity contribution < 1.29 is 19.0 Å². The van der Waals surface area contributed by atoms with Gasteiger partial charge in [0.2, 0.25) is 5.95 Å². The normalized spacial score (nSPS) is 17.2. The fraction of sp³-hybridized carbons (Fsp3) is 0.320. The highest BCUT2D eigenvalue weighted by atomic mass is 16.5. The van der Waals surface area contributed by atoms with Crippen LogP contribution in [0.4, 0.5) is 5.95 Å². The van der Waals surface area contributed by atoms with Gasteiger partial charge >= 0.3 is 0 Å². The van der Waals surface area contributed by atoms with Gasteiger partial charge in [-0.1, -0.05) is 6.07 Å². The van der Waals surface area contributed by atoms with Crippen LogP contribution in [-0.4, -0.2) is 41.4 Å². The van der Waals surface area contributed by atoms with E-state index in [0.717, 1.165) is 41.0 Å². The molecule has 1 aliphatic heterocycles. The first-order valence-electron chi connectivity index (χ1n) is 11.1. The SMILES string of the molecule is CCOc1ccc(C2C3=C(CCCC3=O)Nc3nc(-c4ccc(OC)cc4)nn32)cc1OC. The predicted molar refractivity (Wildman–Crippen MR) is 124 cm³/mol. The lowest BCUT2D eigenvalue weighted by molar-refractivity contribution is -0.116. The summed E-state index contributed by atoms with van der Waals surface area (Å²) in [5.41, 5.74) is 3.43. The largest absolute Gasteiger partial charge is 0.497 e. The zero-order chi connectivity index (χ0) is 22.9. The monoisotopic (exact) mass is 446 g/mol. The number of ether oxygens (including phenoxy) is 3. The lowest BCUT2D eigenvalue weighted by Crippen LogP contribution is -2.31. The third-order valence-electron chi connectivity index (χ3n) is 6.02. The Labute approximate surface area is 192 Å². The van der Waals surface area contributed by atoms with Crippen LogP contribution in [0.1, 0.15) is 37.8 Å². The summed E-state index contributed by atoms with van der Waals surface area (Å²) in [6, 6.07) is 13.0. The molecule has 8 heteroatoms. The summed E-state index contributed by atoms with van der Waals surface area (Å²) in [6.07, 6.45) is 2.15. The van der Waals surface area contributed by atoms with Crippen LogP contribution in [-0.2, 0) is 4.79 Å². The van der Waals surface area contributed by atoms with Crippen LogP contribution in [0.15, 0.2) is 53.7 Å². The molecule has 0 fully saturated rings. The molecule has 8 nitrogen and oxygen atoms in total. The van der Waals surface area contributed by atoms with E-state index in [1.807, 2.05) is 49.4 Å². The first-order valence-corrected chi connectivity index (χ1v) is 11.1. The number of anilines is 1. The number of rotatable bonds is 6. The molecule has 3 aromatic rings. The van der Waals surface area contributed by atoms with Gasteiger partial charge in [-0.15, -0.1) is 5.10 Å². The molecule has 33 heavy (non-hydrogen) atoms. The van der Waals surface area contributed by atoms with Crippen LogP contribution >= 0.6 is 0 Å². The molecular weight excluding hydrogens is 420 g/mol. The third-order valence-corrected chi connectivity index (χ3v) is 6.02. The first-order chi connectivity index (χ1) is 16.1. The Morgan fingerprint density at radius 3 is 2.61 bits per heavy atom. The van der Waals surface area contributed by atoms with Crippen LogP contribution < -0.4 is 19.5 Å². The number of nitrogens with one attached hydrogen (secondary N) is 1. The summed E-state index contributed by atoms with van der Waals surface area (Å²) >= 11 is 0. The molecule has 2 aromatic carbocycles. The van der Waals surface area contributed by atoms with E-state index in [9.17, 15) is 4.79 Å². The Balaban J connectivity index is 1.63. The molecule has 2 heterocycles. The molecule has 2 aliphatic rings. The molecule has 0 radical (unpaired) electrons. The van der Waals surface area contributed by atoms with Crippen LogP contribution in [0.3, 0.4) is 0 Å². The van der Waals surface area contributed by atoms with Crippen molar-refractivity contribution in [2.75, 3.05) is 26.1 Å². The van der Waals surface area contributed by atoms with Gasteiger partial charge in [0.05, 0.1) is 20.8 Å². The topological polar surface area (TPSA) is 87.5 Å². The summed E-state index contributed by atoms with van der Waals surface area (Å²) in [5, 5.41) is 8.19. The van der Waals surface area contributed by atoms with Crippen LogP contribution in [0.5, 0.6) is 17.2 Å². The summed E-state index contributed by atoms with van der Waals surface area (Å²) in [5.74, 6) is 3.38. The van der Waals surface area contributed by atoms with Gasteiger partial charge in [0, 0.05) is 23.3 Å². The van der Waals surface area contributed by atoms with Crippen molar-refractivity contribution in [2.24, 2.45) is 0 Å². The second kappa shape index (κ2) is 8.61. The molecule has 1 N–H and O–H groups in total. The molecule has 0 amide bonds. The highest BCUT2D eigenvalue weighted by Crippen LogP contribution is 2.42. The number of hydrogen-bond acceptors (Lipinski definition) is 7. The van der Waals surface area contributed by atoms with E-state index in [0.29, 0.717) is 36.3 Å². The second-order valence-electron chi connectivity index (χ2n) is 7.97. The number of carbonyl (C=O) groups excluding carboxylic acids is 1. The van der Waals surface area contributed by atoms with Gasteiger partial charge in [0.1, 0.15) is 11.8 Å². The van der Waals surface area contributed by atoms with Crippen LogP contribution in [0, 0.1) is 0 Å². The van der Waals surface area contributed by atoms with Crippen molar-refractivity contribution in [3.8, 4) is 28.6 Å². The Hall–Kier alpha value is -3.81. The maximum absolute atomic E-state index is 13.1. The van der Waals surface area contributed by atoms with Crippen molar-refractivity contribution in [1.29, 1.82) is 0 Å². The van der Waals surface area contributed by atoms with Crippen molar-refractivity contribution in [2.45, 2.75) is 32.2 Å². The number of allylic oxidation sites excluding steroid dienone is 2. The van der Waals surface area contributed by atoms with E-state index in [1.165, 1.54) is 0 Å². The quantitative estimate of drug-likeness (QED) is 0.601. The van der Waals surface area contributed by atoms with Crippen molar-refractivity contribution >= 4 is 11.7 Å².